The van der Waals surface area contributed by atoms with E-state index in [1.54, 1.807) is 6.07 Å². The van der Waals surface area contributed by atoms with Crippen molar-refractivity contribution in [3.05, 3.63) is 63.9 Å². The summed E-state index contributed by atoms with van der Waals surface area (Å²) in [6.45, 7) is 6.10. The van der Waals surface area contributed by atoms with Gasteiger partial charge in [0, 0.05) is 22.8 Å². The summed E-state index contributed by atoms with van der Waals surface area (Å²) in [5, 5.41) is 5.80. The number of urea groups is 1. The van der Waals surface area contributed by atoms with Crippen LogP contribution in [0.15, 0.2) is 36.4 Å². The van der Waals surface area contributed by atoms with Crippen LogP contribution in [0.1, 0.15) is 36.5 Å². The van der Waals surface area contributed by atoms with E-state index in [-0.39, 0.29) is 24.1 Å². The molecule has 0 aliphatic carbocycles. The summed E-state index contributed by atoms with van der Waals surface area (Å²) in [6.07, 6.45) is 0. The van der Waals surface area contributed by atoms with E-state index in [9.17, 15) is 9.18 Å². The zero-order valence-electron chi connectivity index (χ0n) is 13.4. The average Bonchev–Trinajstić information content (AvgIpc) is 2.48. The molecule has 5 heteroatoms. The molecule has 2 N–H and O–H groups in total. The number of hydrogen-bond acceptors (Lipinski definition) is 1. The molecule has 0 atom stereocenters. The van der Waals surface area contributed by atoms with E-state index in [0.29, 0.717) is 5.02 Å². The molecule has 0 heterocycles. The van der Waals surface area contributed by atoms with Gasteiger partial charge in [0.05, 0.1) is 0 Å². The lowest BCUT2D eigenvalue weighted by molar-refractivity contribution is 0.251. The zero-order chi connectivity index (χ0) is 17.0. The Morgan fingerprint density at radius 2 is 1.91 bits per heavy atom. The van der Waals surface area contributed by atoms with Gasteiger partial charge in [0.2, 0.25) is 0 Å². The molecule has 23 heavy (non-hydrogen) atoms. The van der Waals surface area contributed by atoms with Crippen LogP contribution in [0.2, 0.25) is 5.02 Å². The Labute approximate surface area is 140 Å². The smallest absolute Gasteiger partial charge is 0.319 e. The number of amides is 2. The fraction of sp³-hybridized carbons (Fsp3) is 0.278. The maximum atomic E-state index is 13.7. The number of nitrogens with one attached hydrogen (secondary N) is 2. The topological polar surface area (TPSA) is 41.1 Å². The molecule has 0 aromatic heterocycles. The first-order valence-electron chi connectivity index (χ1n) is 7.47. The third-order valence-corrected chi connectivity index (χ3v) is 4.01. The summed E-state index contributed by atoms with van der Waals surface area (Å²) < 4.78 is 13.7. The van der Waals surface area contributed by atoms with Crippen molar-refractivity contribution in [1.29, 1.82) is 0 Å². The Balaban J connectivity index is 2.09. The number of carbonyl (C=O) groups excluding carboxylic acids is 1. The number of benzene rings is 2. The monoisotopic (exact) mass is 334 g/mol. The minimum absolute atomic E-state index is 0.0280. The van der Waals surface area contributed by atoms with Crippen LogP contribution in [-0.2, 0) is 6.54 Å². The molecule has 0 spiro atoms. The van der Waals surface area contributed by atoms with Crippen LogP contribution in [0.4, 0.5) is 14.9 Å². The first kappa shape index (κ1) is 17.3. The van der Waals surface area contributed by atoms with Crippen LogP contribution < -0.4 is 10.6 Å². The summed E-state index contributed by atoms with van der Waals surface area (Å²) >= 11 is 5.95. The Morgan fingerprint density at radius 1 is 1.22 bits per heavy atom. The minimum Gasteiger partial charge on any atom is -0.334 e. The molecule has 2 aromatic carbocycles. The normalized spacial score (nSPS) is 10.7. The number of anilines is 1. The molecule has 2 rings (SSSR count). The molecule has 0 saturated carbocycles. The molecular weight excluding hydrogens is 315 g/mol. The summed E-state index contributed by atoms with van der Waals surface area (Å²) in [4.78, 5) is 12.1. The molecule has 2 aromatic rings. The number of carbonyl (C=O) groups is 1. The summed E-state index contributed by atoms with van der Waals surface area (Å²) in [7, 11) is 0. The van der Waals surface area contributed by atoms with E-state index < -0.39 is 5.82 Å². The number of aryl methyl sites for hydroxylation is 1. The van der Waals surface area contributed by atoms with Crippen LogP contribution >= 0.6 is 11.6 Å². The van der Waals surface area contributed by atoms with Crippen molar-refractivity contribution in [1.82, 2.24) is 5.32 Å². The molecule has 3 nitrogen and oxygen atoms in total. The van der Waals surface area contributed by atoms with Crippen molar-refractivity contribution in [2.45, 2.75) is 33.2 Å². The highest BCUT2D eigenvalue weighted by Crippen LogP contribution is 2.27. The van der Waals surface area contributed by atoms with Crippen molar-refractivity contribution in [2.24, 2.45) is 0 Å². The van der Waals surface area contributed by atoms with Crippen molar-refractivity contribution in [3.8, 4) is 0 Å². The van der Waals surface area contributed by atoms with Gasteiger partial charge in [-0.2, -0.15) is 0 Å². The van der Waals surface area contributed by atoms with Gasteiger partial charge in [-0.05, 0) is 36.1 Å². The highest BCUT2D eigenvalue weighted by atomic mass is 35.5. The number of halogens is 2. The van der Waals surface area contributed by atoms with Gasteiger partial charge in [-0.25, -0.2) is 9.18 Å². The van der Waals surface area contributed by atoms with Gasteiger partial charge in [-0.3, -0.25) is 0 Å². The van der Waals surface area contributed by atoms with E-state index in [1.165, 1.54) is 12.1 Å². The van der Waals surface area contributed by atoms with Crippen LogP contribution in [0.25, 0.3) is 0 Å². The molecule has 122 valence electrons. The number of hydrogen-bond donors (Lipinski definition) is 2. The third kappa shape index (κ3) is 4.23. The lowest BCUT2D eigenvalue weighted by Gasteiger charge is -2.17. The largest absolute Gasteiger partial charge is 0.334 e. The van der Waals surface area contributed by atoms with Gasteiger partial charge in [-0.15, -0.1) is 0 Å². The zero-order valence-corrected chi connectivity index (χ0v) is 14.2. The van der Waals surface area contributed by atoms with Crippen LogP contribution in [0, 0.1) is 12.7 Å². The quantitative estimate of drug-likeness (QED) is 0.789. The Morgan fingerprint density at radius 3 is 2.57 bits per heavy atom. The first-order valence-corrected chi connectivity index (χ1v) is 7.85. The van der Waals surface area contributed by atoms with Crippen molar-refractivity contribution in [3.63, 3.8) is 0 Å². The summed E-state index contributed by atoms with van der Waals surface area (Å²) in [5.74, 6) is -0.150. The van der Waals surface area contributed by atoms with Crippen LogP contribution in [-0.4, -0.2) is 6.03 Å². The van der Waals surface area contributed by atoms with Gasteiger partial charge >= 0.3 is 6.03 Å². The van der Waals surface area contributed by atoms with E-state index >= 15 is 0 Å². The Bertz CT molecular complexity index is 696. The maximum absolute atomic E-state index is 13.7. The number of rotatable bonds is 4. The van der Waals surface area contributed by atoms with Crippen molar-refractivity contribution < 1.29 is 9.18 Å². The van der Waals surface area contributed by atoms with Crippen LogP contribution in [0.3, 0.4) is 0 Å². The molecule has 0 radical (unpaired) electrons. The van der Waals surface area contributed by atoms with Crippen molar-refractivity contribution >= 4 is 23.3 Å². The molecule has 0 fully saturated rings. The van der Waals surface area contributed by atoms with E-state index in [2.05, 4.69) is 24.5 Å². The standard InChI is InChI=1S/C18H20ClFN2O/c1-11(2)13-7-4-6-12(3)17(13)22-18(23)21-10-14-15(19)8-5-9-16(14)20/h4-9,11H,10H2,1-3H3,(H2,21,22,23). The fourth-order valence-electron chi connectivity index (χ4n) is 2.37. The van der Waals surface area contributed by atoms with Gasteiger partial charge in [0.1, 0.15) is 5.82 Å². The molecular formula is C18H20ClFN2O. The lowest BCUT2D eigenvalue weighted by Crippen LogP contribution is -2.29. The van der Waals surface area contributed by atoms with E-state index in [0.717, 1.165) is 16.8 Å². The minimum atomic E-state index is -0.434. The highest BCUT2D eigenvalue weighted by Gasteiger charge is 2.13. The second-order valence-electron chi connectivity index (χ2n) is 5.70. The molecule has 0 aliphatic rings. The number of para-hydroxylation sites is 1. The van der Waals surface area contributed by atoms with Gasteiger partial charge in [0.15, 0.2) is 0 Å². The first-order chi connectivity index (χ1) is 10.9. The third-order valence-electron chi connectivity index (χ3n) is 3.65. The SMILES string of the molecule is Cc1cccc(C(C)C)c1NC(=O)NCc1c(F)cccc1Cl. The second-order valence-corrected chi connectivity index (χ2v) is 6.11. The molecule has 0 bridgehead atoms. The molecule has 0 saturated heterocycles. The summed E-state index contributed by atoms with van der Waals surface area (Å²) in [5.41, 5.74) is 3.11. The maximum Gasteiger partial charge on any atom is 0.319 e. The molecule has 0 aliphatic heterocycles. The van der Waals surface area contributed by atoms with E-state index in [4.69, 9.17) is 11.6 Å². The Hall–Kier alpha value is -2.07. The molecule has 2 amide bonds. The van der Waals surface area contributed by atoms with Gasteiger partial charge in [-0.1, -0.05) is 49.7 Å². The second kappa shape index (κ2) is 7.47. The van der Waals surface area contributed by atoms with E-state index in [1.807, 2.05) is 25.1 Å². The Kier molecular flexibility index (Phi) is 5.61. The predicted molar refractivity (Wildman–Crippen MR) is 92.5 cm³/mol. The fourth-order valence-corrected chi connectivity index (χ4v) is 2.60. The highest BCUT2D eigenvalue weighted by molar-refractivity contribution is 6.31. The average molecular weight is 335 g/mol. The van der Waals surface area contributed by atoms with Gasteiger partial charge < -0.3 is 10.6 Å². The molecule has 0 unspecified atom stereocenters. The lowest BCUT2D eigenvalue weighted by atomic mass is 9.98. The van der Waals surface area contributed by atoms with Crippen LogP contribution in [0.5, 0.6) is 0 Å². The van der Waals surface area contributed by atoms with Crippen molar-refractivity contribution in [2.75, 3.05) is 5.32 Å². The van der Waals surface area contributed by atoms with Gasteiger partial charge in [0.25, 0.3) is 0 Å². The summed E-state index contributed by atoms with van der Waals surface area (Å²) in [6, 6.07) is 9.95. The predicted octanol–water partition coefficient (Wildman–Crippen LogP) is 5.23.